The number of halogens is 1. The monoisotopic (exact) mass is 667 g/mol. The molecule has 1 aromatic carbocycles. The van der Waals surface area contributed by atoms with Gasteiger partial charge in [-0.25, -0.2) is 9.59 Å². The van der Waals surface area contributed by atoms with Gasteiger partial charge in [0.15, 0.2) is 12.0 Å². The molecule has 252 valence electrons. The fourth-order valence-electron chi connectivity index (χ4n) is 6.85. The van der Waals surface area contributed by atoms with Gasteiger partial charge in [-0.1, -0.05) is 48.7 Å². The number of carbonyl (C=O) groups is 5. The van der Waals surface area contributed by atoms with Gasteiger partial charge in [-0.2, -0.15) is 5.26 Å². The second-order valence-electron chi connectivity index (χ2n) is 13.9. The fourth-order valence-corrected chi connectivity index (χ4v) is 7.10. The average molecular weight is 668 g/mol. The third kappa shape index (κ3) is 7.89. The Balaban J connectivity index is 1.39. The van der Waals surface area contributed by atoms with Crippen LogP contribution in [-0.2, 0) is 36.9 Å². The number of amides is 4. The number of hydrogen-bond donors (Lipinski definition) is 2. The SMILES string of the molecule is CC(C)(C)OC(=O)N[C@H]1CCCCC/C=C\[C@@H]2C[C@@]2(C(=O)NC#N)CC(=O)C2C[C@@H](OC(=O)N3Cc4cccc(Cl)c4C3)CN2C1=O. The Morgan fingerprint density at radius 3 is 2.64 bits per heavy atom. The number of fused-ring (bicyclic) bond motifs is 3. The molecule has 4 aliphatic rings. The van der Waals surface area contributed by atoms with Gasteiger partial charge in [-0.05, 0) is 69.6 Å². The summed E-state index contributed by atoms with van der Waals surface area (Å²) in [6.45, 7) is 5.71. The molecule has 2 N–H and O–H groups in total. The summed E-state index contributed by atoms with van der Waals surface area (Å²) in [6, 6.07) is 3.50. The van der Waals surface area contributed by atoms with Gasteiger partial charge < -0.3 is 19.7 Å². The van der Waals surface area contributed by atoms with Crippen LogP contribution in [0.25, 0.3) is 0 Å². The van der Waals surface area contributed by atoms with Gasteiger partial charge in [0.2, 0.25) is 11.8 Å². The van der Waals surface area contributed by atoms with Gasteiger partial charge in [0, 0.05) is 24.4 Å². The molecule has 0 radical (unpaired) electrons. The van der Waals surface area contributed by atoms with E-state index in [2.05, 4.69) is 10.6 Å². The predicted octanol–water partition coefficient (Wildman–Crippen LogP) is 4.74. The number of ketones is 1. The molecule has 0 bridgehead atoms. The minimum atomic E-state index is -1.10. The normalized spacial score (nSPS) is 28.4. The van der Waals surface area contributed by atoms with Crippen molar-refractivity contribution < 1.29 is 33.4 Å². The van der Waals surface area contributed by atoms with Crippen LogP contribution in [0.15, 0.2) is 30.4 Å². The van der Waals surface area contributed by atoms with Crippen LogP contribution in [-0.4, -0.2) is 69.9 Å². The number of Topliss-reactive ketones (excluding diaryl/α,β-unsaturated/α-hetero) is 1. The highest BCUT2D eigenvalue weighted by atomic mass is 35.5. The lowest BCUT2D eigenvalue weighted by molar-refractivity contribution is -0.140. The minimum Gasteiger partial charge on any atom is -0.444 e. The van der Waals surface area contributed by atoms with Gasteiger partial charge in [-0.15, -0.1) is 0 Å². The molecular weight excluding hydrogens is 626 g/mol. The summed E-state index contributed by atoms with van der Waals surface area (Å²) in [5, 5.41) is 14.7. The smallest absolute Gasteiger partial charge is 0.410 e. The van der Waals surface area contributed by atoms with Gasteiger partial charge in [0.1, 0.15) is 17.7 Å². The Morgan fingerprint density at radius 2 is 1.91 bits per heavy atom. The van der Waals surface area contributed by atoms with Crippen molar-refractivity contribution in [2.24, 2.45) is 11.3 Å². The third-order valence-electron chi connectivity index (χ3n) is 9.34. The number of rotatable bonds is 3. The van der Waals surface area contributed by atoms with Gasteiger partial charge in [-0.3, -0.25) is 24.6 Å². The zero-order chi connectivity index (χ0) is 33.9. The van der Waals surface area contributed by atoms with Crippen molar-refractivity contribution >= 4 is 41.4 Å². The van der Waals surface area contributed by atoms with E-state index in [1.165, 1.54) is 9.80 Å². The van der Waals surface area contributed by atoms with Crippen molar-refractivity contribution in [2.75, 3.05) is 6.54 Å². The number of allylic oxidation sites excluding steroid dienone is 2. The second kappa shape index (κ2) is 13.9. The third-order valence-corrected chi connectivity index (χ3v) is 9.69. The largest absolute Gasteiger partial charge is 0.444 e. The highest BCUT2D eigenvalue weighted by Gasteiger charge is 2.60. The molecule has 47 heavy (non-hydrogen) atoms. The lowest BCUT2D eigenvalue weighted by Crippen LogP contribution is -2.53. The number of hydrogen-bond acceptors (Lipinski definition) is 8. The second-order valence-corrected chi connectivity index (χ2v) is 14.3. The number of nitrogens with zero attached hydrogens (tertiary/aromatic N) is 3. The summed E-state index contributed by atoms with van der Waals surface area (Å²) >= 11 is 6.34. The summed E-state index contributed by atoms with van der Waals surface area (Å²) < 4.78 is 11.3. The maximum absolute atomic E-state index is 14.2. The van der Waals surface area contributed by atoms with E-state index in [0.29, 0.717) is 30.8 Å². The van der Waals surface area contributed by atoms with Crippen LogP contribution in [0.2, 0.25) is 5.02 Å². The number of nitriles is 1. The topological polar surface area (TPSA) is 158 Å². The number of ether oxygens (including phenoxy) is 2. The van der Waals surface area contributed by atoms with E-state index in [4.69, 9.17) is 26.3 Å². The number of alkyl carbamates (subject to hydrolysis) is 1. The van der Waals surface area contributed by atoms with Crippen LogP contribution in [0.5, 0.6) is 0 Å². The summed E-state index contributed by atoms with van der Waals surface area (Å²) in [5.41, 5.74) is -0.116. The molecule has 3 heterocycles. The lowest BCUT2D eigenvalue weighted by atomic mass is 9.91. The maximum atomic E-state index is 14.2. The lowest BCUT2D eigenvalue weighted by Gasteiger charge is -2.30. The summed E-state index contributed by atoms with van der Waals surface area (Å²) in [4.78, 5) is 70.4. The Hall–Kier alpha value is -4.11. The predicted molar refractivity (Wildman–Crippen MR) is 170 cm³/mol. The number of nitrogens with one attached hydrogen (secondary N) is 2. The first-order valence-corrected chi connectivity index (χ1v) is 16.6. The number of benzene rings is 1. The van der Waals surface area contributed by atoms with E-state index < -0.39 is 53.2 Å². The van der Waals surface area contributed by atoms with Crippen molar-refractivity contribution in [1.29, 1.82) is 5.26 Å². The highest BCUT2D eigenvalue weighted by Crippen LogP contribution is 2.57. The van der Waals surface area contributed by atoms with E-state index in [1.807, 2.05) is 24.3 Å². The molecule has 2 fully saturated rings. The Morgan fingerprint density at radius 1 is 1.13 bits per heavy atom. The van der Waals surface area contributed by atoms with Crippen molar-refractivity contribution in [3.8, 4) is 6.19 Å². The molecule has 1 aliphatic carbocycles. The molecule has 0 spiro atoms. The van der Waals surface area contributed by atoms with Crippen molar-refractivity contribution in [2.45, 2.75) is 109 Å². The molecule has 1 saturated carbocycles. The molecular formula is C34H42ClN5O7. The van der Waals surface area contributed by atoms with E-state index >= 15 is 0 Å². The van der Waals surface area contributed by atoms with Crippen molar-refractivity contribution in [3.63, 3.8) is 0 Å². The van der Waals surface area contributed by atoms with E-state index in [9.17, 15) is 24.0 Å². The van der Waals surface area contributed by atoms with Crippen LogP contribution in [0.4, 0.5) is 9.59 Å². The first kappa shape index (κ1) is 34.2. The Kier molecular flexibility index (Phi) is 10.2. The van der Waals surface area contributed by atoms with E-state index in [1.54, 1.807) is 33.0 Å². The summed E-state index contributed by atoms with van der Waals surface area (Å²) in [6.07, 6.45) is 7.09. The van der Waals surface area contributed by atoms with Gasteiger partial charge in [0.05, 0.1) is 24.5 Å². The van der Waals surface area contributed by atoms with Crippen LogP contribution in [0.1, 0.15) is 83.3 Å². The molecule has 1 saturated heterocycles. The van der Waals surface area contributed by atoms with Crippen LogP contribution >= 0.6 is 11.6 Å². The first-order chi connectivity index (χ1) is 22.3. The fraction of sp³-hybridized carbons (Fsp3) is 0.588. The van der Waals surface area contributed by atoms with Crippen LogP contribution in [0, 0.1) is 22.8 Å². The Labute approximate surface area is 279 Å². The molecule has 1 aromatic rings. The van der Waals surface area contributed by atoms with Crippen LogP contribution in [0.3, 0.4) is 0 Å². The Bertz CT molecular complexity index is 1500. The molecule has 12 nitrogen and oxygen atoms in total. The first-order valence-electron chi connectivity index (χ1n) is 16.2. The molecule has 13 heteroatoms. The van der Waals surface area contributed by atoms with Gasteiger partial charge in [0.25, 0.3) is 0 Å². The minimum absolute atomic E-state index is 0.0352. The standard InChI is InChI=1S/C34H42ClN5O7/c1-33(2,3)47-31(44)38-26-13-8-6-4-5-7-11-22-15-34(22,30(43)37-20-36)16-28(41)27-14-23(18-40(27)29(26)42)46-32(45)39-17-21-10-9-12-25(35)24(21)19-39/h7,9-12,22-23,26-27H,4-6,8,13-19H2,1-3H3,(H,37,43)(H,38,44)/b11-7-/t22-,23-,26+,27?,34-/m1/s1. The van der Waals surface area contributed by atoms with Crippen molar-refractivity contribution in [3.05, 3.63) is 46.5 Å². The molecule has 5 atom stereocenters. The number of carbonyl (C=O) groups excluding carboxylic acids is 5. The van der Waals surface area contributed by atoms with Crippen LogP contribution < -0.4 is 10.6 Å². The quantitative estimate of drug-likeness (QED) is 0.266. The van der Waals surface area contributed by atoms with Crippen molar-refractivity contribution in [1.82, 2.24) is 20.4 Å². The summed E-state index contributed by atoms with van der Waals surface area (Å²) in [5.74, 6) is -1.59. The highest BCUT2D eigenvalue weighted by molar-refractivity contribution is 6.31. The average Bonchev–Trinajstić information content (AvgIpc) is 3.31. The maximum Gasteiger partial charge on any atom is 0.410 e. The zero-order valence-corrected chi connectivity index (χ0v) is 27.8. The molecule has 3 aliphatic heterocycles. The molecule has 5 rings (SSSR count). The van der Waals surface area contributed by atoms with E-state index in [0.717, 1.165) is 30.4 Å². The molecule has 4 amide bonds. The van der Waals surface area contributed by atoms with E-state index in [-0.39, 0.29) is 37.6 Å². The summed E-state index contributed by atoms with van der Waals surface area (Å²) in [7, 11) is 0. The van der Waals surface area contributed by atoms with Gasteiger partial charge >= 0.3 is 12.2 Å². The molecule has 1 unspecified atom stereocenters. The zero-order valence-electron chi connectivity index (χ0n) is 27.1. The molecule has 0 aromatic heterocycles.